The van der Waals surface area contributed by atoms with E-state index in [1.807, 2.05) is 18.6 Å². The molecule has 25 heavy (non-hydrogen) atoms. The molecule has 0 bridgehead atoms. The number of rotatable bonds is 0. The van der Waals surface area contributed by atoms with E-state index in [0.29, 0.717) is 0 Å². The Bertz CT molecular complexity index is 978. The second-order valence-corrected chi connectivity index (χ2v) is 10.3. The molecule has 0 saturated carbocycles. The topological polar surface area (TPSA) is 25.8 Å². The first kappa shape index (κ1) is 13.3. The Balaban J connectivity index is 1.89. The normalized spacial score (nSPS) is 14.7. The third-order valence-corrected chi connectivity index (χ3v) is 10.6. The van der Waals surface area contributed by atoms with Gasteiger partial charge >= 0.3 is 0 Å². The van der Waals surface area contributed by atoms with Gasteiger partial charge in [-0.2, -0.15) is 0 Å². The number of hydrogen-bond donors (Lipinski definition) is 0. The summed E-state index contributed by atoms with van der Waals surface area (Å²) >= 11 is 0. The van der Waals surface area contributed by atoms with Crippen LogP contribution < -0.4 is 20.7 Å². The Morgan fingerprint density at radius 3 is 1.96 bits per heavy atom. The molecular weight excluding hydrogens is 320 g/mol. The van der Waals surface area contributed by atoms with Crippen LogP contribution in [-0.4, -0.2) is 18.0 Å². The lowest BCUT2D eigenvalue weighted by atomic mass is 10.1. The van der Waals surface area contributed by atoms with E-state index >= 15 is 0 Å². The number of pyridine rings is 2. The highest BCUT2D eigenvalue weighted by Crippen LogP contribution is 2.34. The van der Waals surface area contributed by atoms with Crippen LogP contribution in [0.3, 0.4) is 0 Å². The van der Waals surface area contributed by atoms with Crippen LogP contribution in [0.4, 0.5) is 0 Å². The van der Waals surface area contributed by atoms with Gasteiger partial charge in [0.25, 0.3) is 0 Å². The predicted molar refractivity (Wildman–Crippen MR) is 104 cm³/mol. The van der Waals surface area contributed by atoms with Crippen LogP contribution in [0.25, 0.3) is 22.4 Å². The van der Waals surface area contributed by atoms with Crippen LogP contribution in [0.5, 0.6) is 0 Å². The average Bonchev–Trinajstić information content (AvgIpc) is 3.16. The van der Waals surface area contributed by atoms with E-state index < -0.39 is 8.07 Å². The summed E-state index contributed by atoms with van der Waals surface area (Å²) in [7, 11) is -2.25. The smallest absolute Gasteiger partial charge is 0.183 e. The van der Waals surface area contributed by atoms with Gasteiger partial charge in [-0.15, -0.1) is 0 Å². The summed E-state index contributed by atoms with van der Waals surface area (Å²) in [5.41, 5.74) is 5.08. The Labute approximate surface area is 146 Å². The highest BCUT2D eigenvalue weighted by Gasteiger charge is 2.54. The quantitative estimate of drug-likeness (QED) is 0.396. The summed E-state index contributed by atoms with van der Waals surface area (Å²) in [6, 6.07) is 24.4. The number of nitrogens with zero attached hydrogens (tertiary/aromatic N) is 2. The van der Waals surface area contributed by atoms with E-state index in [1.165, 1.54) is 37.4 Å². The lowest BCUT2D eigenvalue weighted by Crippen LogP contribution is -2.70. The maximum Gasteiger partial charge on any atom is 0.183 e. The van der Waals surface area contributed by atoms with Crippen LogP contribution in [-0.2, 0) is 0 Å². The van der Waals surface area contributed by atoms with E-state index in [2.05, 4.69) is 71.7 Å². The van der Waals surface area contributed by atoms with Crippen molar-refractivity contribution in [3.63, 3.8) is 0 Å². The van der Waals surface area contributed by atoms with Gasteiger partial charge in [-0.25, -0.2) is 0 Å². The van der Waals surface area contributed by atoms with Gasteiger partial charge in [0.2, 0.25) is 0 Å². The van der Waals surface area contributed by atoms with Gasteiger partial charge in [0.1, 0.15) is 0 Å². The largest absolute Gasteiger partial charge is 0.264 e. The molecule has 4 heterocycles. The van der Waals surface area contributed by atoms with Crippen molar-refractivity contribution in [2.24, 2.45) is 0 Å². The minimum atomic E-state index is -2.25. The first-order valence-corrected chi connectivity index (χ1v) is 10.5. The molecule has 2 aliphatic heterocycles. The SMILES string of the molecule is c1ccc2c(c1)-c1ccccc1[Si]21c2ccncc2-c2ncccc21. The van der Waals surface area contributed by atoms with Gasteiger partial charge in [0.15, 0.2) is 8.07 Å². The maximum atomic E-state index is 4.76. The van der Waals surface area contributed by atoms with Crippen molar-refractivity contribution in [3.8, 4) is 22.4 Å². The van der Waals surface area contributed by atoms with E-state index in [0.717, 1.165) is 5.69 Å². The lowest BCUT2D eigenvalue weighted by molar-refractivity contribution is 1.31. The molecule has 6 rings (SSSR count). The first-order valence-electron chi connectivity index (χ1n) is 8.52. The van der Waals surface area contributed by atoms with Crippen LogP contribution in [0.2, 0.25) is 0 Å². The fourth-order valence-electron chi connectivity index (χ4n) is 4.79. The molecule has 2 nitrogen and oxygen atoms in total. The van der Waals surface area contributed by atoms with Gasteiger partial charge in [0, 0.05) is 24.2 Å². The Morgan fingerprint density at radius 1 is 0.560 bits per heavy atom. The van der Waals surface area contributed by atoms with E-state index in [4.69, 9.17) is 4.98 Å². The molecular formula is C22H14N2Si. The molecule has 0 fully saturated rings. The molecule has 1 spiro atoms. The number of aromatic nitrogens is 2. The zero-order chi connectivity index (χ0) is 16.4. The standard InChI is InChI=1S/C22H14N2Si/c1-3-8-18-15(6-1)16-7-2-4-9-19(16)25(18)20-11-13-23-14-17(20)22-21(25)10-5-12-24-22/h1-14H. The molecule has 0 amide bonds. The molecule has 0 saturated heterocycles. The first-order chi connectivity index (χ1) is 12.4. The summed E-state index contributed by atoms with van der Waals surface area (Å²) in [6.45, 7) is 0. The van der Waals surface area contributed by atoms with Crippen LogP contribution in [0.15, 0.2) is 85.3 Å². The lowest BCUT2D eigenvalue weighted by Gasteiger charge is -2.27. The monoisotopic (exact) mass is 334 g/mol. The van der Waals surface area contributed by atoms with Crippen molar-refractivity contribution < 1.29 is 0 Å². The molecule has 0 N–H and O–H groups in total. The molecule has 0 aliphatic carbocycles. The van der Waals surface area contributed by atoms with Gasteiger partial charge in [-0.3, -0.25) is 9.97 Å². The van der Waals surface area contributed by atoms with Crippen molar-refractivity contribution in [1.82, 2.24) is 9.97 Å². The molecule has 0 atom stereocenters. The predicted octanol–water partition coefficient (Wildman–Crippen LogP) is 1.81. The third kappa shape index (κ3) is 1.41. The van der Waals surface area contributed by atoms with Crippen molar-refractivity contribution >= 4 is 28.8 Å². The second-order valence-electron chi connectivity index (χ2n) is 6.66. The Kier molecular flexibility index (Phi) is 2.40. The van der Waals surface area contributed by atoms with E-state index in [-0.39, 0.29) is 0 Å². The number of hydrogen-bond acceptors (Lipinski definition) is 2. The van der Waals surface area contributed by atoms with Gasteiger partial charge in [0.05, 0.1) is 5.69 Å². The third-order valence-electron chi connectivity index (χ3n) is 5.64. The van der Waals surface area contributed by atoms with Crippen LogP contribution in [0, 0.1) is 0 Å². The summed E-state index contributed by atoms with van der Waals surface area (Å²) in [4.78, 5) is 9.16. The van der Waals surface area contributed by atoms with Crippen molar-refractivity contribution in [2.75, 3.05) is 0 Å². The molecule has 2 aliphatic rings. The van der Waals surface area contributed by atoms with E-state index in [9.17, 15) is 0 Å². The zero-order valence-corrected chi connectivity index (χ0v) is 14.5. The molecule has 116 valence electrons. The molecule has 0 unspecified atom stereocenters. The van der Waals surface area contributed by atoms with Crippen LogP contribution in [0.1, 0.15) is 0 Å². The average molecular weight is 334 g/mol. The highest BCUT2D eigenvalue weighted by molar-refractivity contribution is 7.24. The molecule has 0 radical (unpaired) electrons. The Hall–Kier alpha value is -3.04. The van der Waals surface area contributed by atoms with Crippen LogP contribution >= 0.6 is 0 Å². The van der Waals surface area contributed by atoms with Gasteiger partial charge < -0.3 is 0 Å². The van der Waals surface area contributed by atoms with Gasteiger partial charge in [-0.05, 0) is 44.0 Å². The van der Waals surface area contributed by atoms with Gasteiger partial charge in [-0.1, -0.05) is 54.6 Å². The summed E-state index contributed by atoms with van der Waals surface area (Å²) in [6.07, 6.45) is 5.82. The summed E-state index contributed by atoms with van der Waals surface area (Å²) in [5.74, 6) is 0. The van der Waals surface area contributed by atoms with Crippen molar-refractivity contribution in [1.29, 1.82) is 0 Å². The fraction of sp³-hybridized carbons (Fsp3) is 0. The highest BCUT2D eigenvalue weighted by atomic mass is 28.3. The maximum absolute atomic E-state index is 4.76. The zero-order valence-electron chi connectivity index (χ0n) is 13.5. The minimum Gasteiger partial charge on any atom is -0.264 e. The molecule has 2 aromatic carbocycles. The number of benzene rings is 2. The molecule has 3 heteroatoms. The summed E-state index contributed by atoms with van der Waals surface area (Å²) < 4.78 is 0. The number of fused-ring (bicyclic) bond motifs is 10. The summed E-state index contributed by atoms with van der Waals surface area (Å²) in [5, 5.41) is 5.79. The molecule has 4 aromatic rings. The minimum absolute atomic E-state index is 1.11. The van der Waals surface area contributed by atoms with E-state index in [1.54, 1.807) is 0 Å². The fourth-order valence-corrected chi connectivity index (χ4v) is 10.3. The molecule has 2 aromatic heterocycles. The van der Waals surface area contributed by atoms with Crippen molar-refractivity contribution in [3.05, 3.63) is 85.3 Å². The second kappa shape index (κ2) is 4.52. The Morgan fingerprint density at radius 2 is 1.20 bits per heavy atom. The van der Waals surface area contributed by atoms with Crippen molar-refractivity contribution in [2.45, 2.75) is 0 Å².